The molecule has 2 aromatic rings. The summed E-state index contributed by atoms with van der Waals surface area (Å²) >= 11 is 0. The lowest BCUT2D eigenvalue weighted by atomic mass is 9.90. The van der Waals surface area contributed by atoms with Crippen LogP contribution in [0.1, 0.15) is 33.6 Å². The summed E-state index contributed by atoms with van der Waals surface area (Å²) in [5, 5.41) is 7.64. The van der Waals surface area contributed by atoms with Crippen LogP contribution in [0.3, 0.4) is 0 Å². The Hall–Kier alpha value is -2.91. The molecule has 6 heterocycles. The quantitative estimate of drug-likeness (QED) is 0.797. The number of pyridine rings is 1. The molecule has 3 unspecified atom stereocenters. The second-order valence-corrected chi connectivity index (χ2v) is 10.1. The number of rotatable bonds is 3. The van der Waals surface area contributed by atoms with Crippen molar-refractivity contribution in [2.45, 2.75) is 58.3 Å². The molecule has 0 spiro atoms. The summed E-state index contributed by atoms with van der Waals surface area (Å²) in [6.45, 7) is 8.87. The lowest BCUT2D eigenvalue weighted by Gasteiger charge is -2.52. The summed E-state index contributed by atoms with van der Waals surface area (Å²) in [4.78, 5) is 34.9. The van der Waals surface area contributed by atoms with Crippen molar-refractivity contribution in [2.24, 2.45) is 22.8 Å². The van der Waals surface area contributed by atoms with E-state index in [1.54, 1.807) is 11.6 Å². The summed E-state index contributed by atoms with van der Waals surface area (Å²) in [5.41, 5.74) is 4.34. The van der Waals surface area contributed by atoms with Crippen LogP contribution in [0.25, 0.3) is 11.2 Å². The first kappa shape index (κ1) is 20.0. The number of nitrogens with zero attached hydrogens (tertiary/aromatic N) is 7. The summed E-state index contributed by atoms with van der Waals surface area (Å²) in [7, 11) is 1.79. The molecular formula is C21H30N8O2. The molecule has 10 heteroatoms. The summed E-state index contributed by atoms with van der Waals surface area (Å²) in [5.74, 6) is 0.964. The number of piperazine rings is 1. The molecule has 3 saturated heterocycles. The van der Waals surface area contributed by atoms with Crippen molar-refractivity contribution >= 4 is 22.9 Å². The molecule has 0 saturated carbocycles. The number of hydrogen-bond donors (Lipinski definition) is 1. The monoisotopic (exact) mass is 426 g/mol. The first-order valence-electron chi connectivity index (χ1n) is 11.0. The number of imidazole rings is 1. The number of fused-ring (bicyclic) bond motifs is 4. The Morgan fingerprint density at radius 1 is 1.19 bits per heavy atom. The normalized spacial score (nSPS) is 25.5. The molecule has 1 amide bonds. The van der Waals surface area contributed by atoms with Crippen LogP contribution >= 0.6 is 0 Å². The lowest BCUT2D eigenvalue weighted by molar-refractivity contribution is -0.138. The highest BCUT2D eigenvalue weighted by atomic mass is 16.2. The number of hydrogen-bond acceptors (Lipinski definition) is 7. The maximum atomic E-state index is 12.9. The summed E-state index contributed by atoms with van der Waals surface area (Å²) in [6.07, 6.45) is 2.03. The van der Waals surface area contributed by atoms with Crippen molar-refractivity contribution in [1.29, 1.82) is 0 Å². The van der Waals surface area contributed by atoms with Crippen molar-refractivity contribution in [2.75, 3.05) is 24.5 Å². The zero-order valence-electron chi connectivity index (χ0n) is 18.6. The van der Waals surface area contributed by atoms with Gasteiger partial charge >= 0.3 is 5.69 Å². The number of aromatic nitrogens is 3. The molecule has 0 aliphatic carbocycles. The van der Waals surface area contributed by atoms with Crippen LogP contribution in [0, 0.1) is 5.41 Å². The molecule has 3 atom stereocenters. The van der Waals surface area contributed by atoms with Crippen LogP contribution < -0.4 is 16.0 Å². The third kappa shape index (κ3) is 3.37. The second kappa shape index (κ2) is 7.06. The van der Waals surface area contributed by atoms with E-state index in [0.717, 1.165) is 30.7 Å². The van der Waals surface area contributed by atoms with Gasteiger partial charge in [-0.25, -0.2) is 9.78 Å². The fourth-order valence-electron chi connectivity index (χ4n) is 5.04. The van der Waals surface area contributed by atoms with Crippen LogP contribution in [-0.4, -0.2) is 62.7 Å². The van der Waals surface area contributed by atoms with Crippen LogP contribution in [0.15, 0.2) is 27.3 Å². The molecule has 31 heavy (non-hydrogen) atoms. The molecule has 4 aliphatic rings. The van der Waals surface area contributed by atoms with Crippen LogP contribution in [0.4, 0.5) is 5.82 Å². The molecule has 1 N–H and O–H groups in total. The minimum atomic E-state index is -0.334. The Balaban J connectivity index is 1.41. The largest absolute Gasteiger partial charge is 0.350 e. The van der Waals surface area contributed by atoms with Crippen molar-refractivity contribution in [3.63, 3.8) is 0 Å². The smallest absolute Gasteiger partial charge is 0.330 e. The number of nitrogens with one attached hydrogen (secondary N) is 1. The Kier molecular flexibility index (Phi) is 4.56. The van der Waals surface area contributed by atoms with Crippen molar-refractivity contribution in [3.8, 4) is 0 Å². The maximum absolute atomic E-state index is 12.9. The Labute approximate surface area is 180 Å². The number of aryl methyl sites for hydroxylation is 1. The standard InChI is InChI=1S/C21H30N8O2/c1-21(2,3)12-29-16-7-8-17(23-18(16)26(4)20(29)31)27-10-14-6-5-13(27)11-28(14)19(30)15-9-22-25-24-15/h7-8,13-15H,5-6,9-12H2,1-4H3,(H,22,24). The highest BCUT2D eigenvalue weighted by molar-refractivity contribution is 5.83. The van der Waals surface area contributed by atoms with Crippen LogP contribution in [0.2, 0.25) is 0 Å². The molecular weight excluding hydrogens is 396 g/mol. The van der Waals surface area contributed by atoms with E-state index in [2.05, 4.69) is 41.4 Å². The van der Waals surface area contributed by atoms with Gasteiger partial charge in [0, 0.05) is 38.8 Å². The van der Waals surface area contributed by atoms with E-state index in [9.17, 15) is 9.59 Å². The van der Waals surface area contributed by atoms with E-state index in [1.807, 2.05) is 21.6 Å². The number of carbonyl (C=O) groups is 1. The molecule has 4 aliphatic heterocycles. The van der Waals surface area contributed by atoms with E-state index in [4.69, 9.17) is 4.98 Å². The van der Waals surface area contributed by atoms with Gasteiger partial charge in [-0.3, -0.25) is 19.4 Å². The van der Waals surface area contributed by atoms with Crippen molar-refractivity contribution in [1.82, 2.24) is 24.4 Å². The van der Waals surface area contributed by atoms with Gasteiger partial charge in [0.25, 0.3) is 0 Å². The molecule has 6 rings (SSSR count). The zero-order chi connectivity index (χ0) is 21.9. The average molecular weight is 427 g/mol. The molecule has 166 valence electrons. The van der Waals surface area contributed by atoms with Gasteiger partial charge in [-0.05, 0) is 30.4 Å². The molecule has 0 aromatic carbocycles. The molecule has 3 fully saturated rings. The second-order valence-electron chi connectivity index (χ2n) is 10.1. The van der Waals surface area contributed by atoms with Gasteiger partial charge in [0.15, 0.2) is 5.65 Å². The predicted molar refractivity (Wildman–Crippen MR) is 117 cm³/mol. The van der Waals surface area contributed by atoms with Gasteiger partial charge in [0.1, 0.15) is 11.9 Å². The van der Waals surface area contributed by atoms with Gasteiger partial charge in [0.05, 0.1) is 12.1 Å². The fraction of sp³-hybridized carbons (Fsp3) is 0.667. The highest BCUT2D eigenvalue weighted by Crippen LogP contribution is 2.33. The lowest BCUT2D eigenvalue weighted by Crippen LogP contribution is -2.66. The van der Waals surface area contributed by atoms with E-state index >= 15 is 0 Å². The summed E-state index contributed by atoms with van der Waals surface area (Å²) < 4.78 is 3.46. The fourth-order valence-corrected chi connectivity index (χ4v) is 5.04. The van der Waals surface area contributed by atoms with E-state index in [0.29, 0.717) is 25.3 Å². The first-order valence-corrected chi connectivity index (χ1v) is 11.0. The van der Waals surface area contributed by atoms with Gasteiger partial charge in [-0.15, -0.1) is 0 Å². The highest BCUT2D eigenvalue weighted by Gasteiger charge is 2.43. The third-order valence-corrected chi connectivity index (χ3v) is 6.55. The number of anilines is 1. The van der Waals surface area contributed by atoms with E-state index < -0.39 is 0 Å². The Morgan fingerprint density at radius 2 is 1.97 bits per heavy atom. The predicted octanol–water partition coefficient (Wildman–Crippen LogP) is 1.30. The van der Waals surface area contributed by atoms with Gasteiger partial charge < -0.3 is 9.80 Å². The first-order chi connectivity index (χ1) is 14.7. The van der Waals surface area contributed by atoms with Gasteiger partial charge in [-0.1, -0.05) is 26.0 Å². The van der Waals surface area contributed by atoms with Gasteiger partial charge in [0.2, 0.25) is 5.91 Å². The molecule has 10 nitrogen and oxygen atoms in total. The third-order valence-electron chi connectivity index (χ3n) is 6.55. The molecule has 2 bridgehead atoms. The summed E-state index contributed by atoms with van der Waals surface area (Å²) in [6, 6.07) is 4.08. The number of carbonyl (C=O) groups excluding carboxylic acids is 1. The minimum absolute atomic E-state index is 0.00642. The van der Waals surface area contributed by atoms with Gasteiger partial charge in [-0.2, -0.15) is 5.11 Å². The number of amides is 1. The average Bonchev–Trinajstić information content (AvgIpc) is 3.36. The minimum Gasteiger partial charge on any atom is -0.350 e. The maximum Gasteiger partial charge on any atom is 0.330 e. The topological polar surface area (TPSA) is 100 Å². The van der Waals surface area contributed by atoms with Crippen LogP contribution in [-0.2, 0) is 18.4 Å². The molecule has 0 radical (unpaired) electrons. The Morgan fingerprint density at radius 3 is 2.61 bits per heavy atom. The molecule has 2 aromatic heterocycles. The van der Waals surface area contributed by atoms with Crippen molar-refractivity contribution in [3.05, 3.63) is 22.6 Å². The van der Waals surface area contributed by atoms with E-state index in [1.165, 1.54) is 0 Å². The number of piperidine rings is 2. The van der Waals surface area contributed by atoms with Crippen LogP contribution in [0.5, 0.6) is 0 Å². The SMILES string of the molecule is Cn1c(=O)n(CC(C)(C)C)c2ccc(N3CC4CCC3CN4C(=O)C3CN=NN3)nc21. The van der Waals surface area contributed by atoms with Crippen molar-refractivity contribution < 1.29 is 4.79 Å². The Bertz CT molecular complexity index is 1100. The zero-order valence-corrected chi connectivity index (χ0v) is 18.6. The van der Waals surface area contributed by atoms with E-state index in [-0.39, 0.29) is 35.1 Å².